The van der Waals surface area contributed by atoms with E-state index in [9.17, 15) is 13.2 Å². The van der Waals surface area contributed by atoms with Crippen LogP contribution in [-0.4, -0.2) is 40.3 Å². The minimum Gasteiger partial charge on any atom is -0.367 e. The number of carbonyl (C=O) groups is 1. The van der Waals surface area contributed by atoms with Crippen LogP contribution in [-0.2, 0) is 26.2 Å². The molecular formula is C12H17ClN2O4S. The van der Waals surface area contributed by atoms with Crippen molar-refractivity contribution >= 4 is 27.5 Å². The summed E-state index contributed by atoms with van der Waals surface area (Å²) in [6, 6.07) is 7.21. The van der Waals surface area contributed by atoms with Gasteiger partial charge in [0, 0.05) is 18.1 Å². The SMILES string of the molecule is CS(=O)(=O)NCCNC(=O)COCc1ccccc1Cl. The molecule has 0 aliphatic rings. The van der Waals surface area contributed by atoms with Crippen molar-refractivity contribution in [2.75, 3.05) is 26.0 Å². The quantitative estimate of drug-likeness (QED) is 0.684. The largest absolute Gasteiger partial charge is 0.367 e. The van der Waals surface area contributed by atoms with Crippen LogP contribution >= 0.6 is 11.6 Å². The Morgan fingerprint density at radius 2 is 2.00 bits per heavy atom. The molecule has 8 heteroatoms. The summed E-state index contributed by atoms with van der Waals surface area (Å²) in [7, 11) is -3.23. The molecule has 2 N–H and O–H groups in total. The van der Waals surface area contributed by atoms with Gasteiger partial charge in [-0.25, -0.2) is 13.1 Å². The summed E-state index contributed by atoms with van der Waals surface area (Å²) in [5.74, 6) is -0.313. The van der Waals surface area contributed by atoms with Crippen molar-refractivity contribution in [2.45, 2.75) is 6.61 Å². The number of halogens is 1. The summed E-state index contributed by atoms with van der Waals surface area (Å²) in [6.45, 7) is 0.495. The Bertz CT molecular complexity index is 548. The van der Waals surface area contributed by atoms with Gasteiger partial charge < -0.3 is 10.1 Å². The average molecular weight is 321 g/mol. The van der Waals surface area contributed by atoms with E-state index in [1.165, 1.54) is 0 Å². The van der Waals surface area contributed by atoms with E-state index in [1.54, 1.807) is 6.07 Å². The second-order valence-electron chi connectivity index (χ2n) is 4.10. The number of hydrogen-bond donors (Lipinski definition) is 2. The van der Waals surface area contributed by atoms with E-state index >= 15 is 0 Å². The van der Waals surface area contributed by atoms with Gasteiger partial charge in [-0.3, -0.25) is 4.79 Å². The predicted molar refractivity (Wildman–Crippen MR) is 77.0 cm³/mol. The van der Waals surface area contributed by atoms with Crippen LogP contribution in [0.1, 0.15) is 5.56 Å². The molecule has 0 aromatic heterocycles. The van der Waals surface area contributed by atoms with Crippen LogP contribution < -0.4 is 10.0 Å². The van der Waals surface area contributed by atoms with Crippen LogP contribution in [0, 0.1) is 0 Å². The van der Waals surface area contributed by atoms with E-state index in [2.05, 4.69) is 10.0 Å². The molecule has 20 heavy (non-hydrogen) atoms. The van der Waals surface area contributed by atoms with Crippen LogP contribution in [0.2, 0.25) is 5.02 Å². The van der Waals surface area contributed by atoms with Crippen LogP contribution in [0.5, 0.6) is 0 Å². The minimum atomic E-state index is -3.23. The molecule has 0 heterocycles. The molecule has 0 radical (unpaired) electrons. The van der Waals surface area contributed by atoms with Crippen LogP contribution in [0.15, 0.2) is 24.3 Å². The fraction of sp³-hybridized carbons (Fsp3) is 0.417. The van der Waals surface area contributed by atoms with Crippen molar-refractivity contribution in [3.05, 3.63) is 34.9 Å². The van der Waals surface area contributed by atoms with E-state index in [0.717, 1.165) is 11.8 Å². The maximum Gasteiger partial charge on any atom is 0.246 e. The van der Waals surface area contributed by atoms with E-state index in [-0.39, 0.29) is 32.2 Å². The smallest absolute Gasteiger partial charge is 0.246 e. The number of benzene rings is 1. The summed E-state index contributed by atoms with van der Waals surface area (Å²) in [5, 5.41) is 3.12. The number of hydrogen-bond acceptors (Lipinski definition) is 4. The van der Waals surface area contributed by atoms with Gasteiger partial charge in [0.1, 0.15) is 6.61 Å². The second-order valence-corrected chi connectivity index (χ2v) is 6.34. The monoisotopic (exact) mass is 320 g/mol. The third kappa shape index (κ3) is 7.44. The van der Waals surface area contributed by atoms with E-state index in [4.69, 9.17) is 16.3 Å². The van der Waals surface area contributed by atoms with Crippen molar-refractivity contribution in [1.82, 2.24) is 10.0 Å². The Balaban J connectivity index is 2.16. The average Bonchev–Trinajstić information content (AvgIpc) is 2.36. The lowest BCUT2D eigenvalue weighted by Gasteiger charge is -2.07. The predicted octanol–water partition coefficient (Wildman–Crippen LogP) is 0.522. The highest BCUT2D eigenvalue weighted by atomic mass is 35.5. The molecule has 0 spiro atoms. The number of nitrogens with one attached hydrogen (secondary N) is 2. The molecule has 6 nitrogen and oxygen atoms in total. The van der Waals surface area contributed by atoms with Gasteiger partial charge >= 0.3 is 0 Å². The normalized spacial score (nSPS) is 11.3. The molecule has 1 rings (SSSR count). The highest BCUT2D eigenvalue weighted by molar-refractivity contribution is 7.88. The summed E-state index contributed by atoms with van der Waals surface area (Å²) in [4.78, 5) is 11.4. The lowest BCUT2D eigenvalue weighted by atomic mass is 10.2. The molecular weight excluding hydrogens is 304 g/mol. The Kier molecular flexibility index (Phi) is 6.94. The lowest BCUT2D eigenvalue weighted by Crippen LogP contribution is -2.35. The third-order valence-electron chi connectivity index (χ3n) is 2.26. The van der Waals surface area contributed by atoms with Gasteiger partial charge in [0.15, 0.2) is 0 Å². The second kappa shape index (κ2) is 8.21. The molecule has 0 aliphatic carbocycles. The third-order valence-corrected chi connectivity index (χ3v) is 3.36. The number of ether oxygens (including phenoxy) is 1. The van der Waals surface area contributed by atoms with Crippen LogP contribution in [0.4, 0.5) is 0 Å². The Hall–Kier alpha value is -1.15. The van der Waals surface area contributed by atoms with Gasteiger partial charge in [0.25, 0.3) is 0 Å². The van der Waals surface area contributed by atoms with Crippen molar-refractivity contribution in [3.63, 3.8) is 0 Å². The van der Waals surface area contributed by atoms with Crippen LogP contribution in [0.25, 0.3) is 0 Å². The first-order valence-electron chi connectivity index (χ1n) is 5.91. The molecule has 0 aliphatic heterocycles. The topological polar surface area (TPSA) is 84.5 Å². The fourth-order valence-corrected chi connectivity index (χ4v) is 2.02. The minimum absolute atomic E-state index is 0.107. The fourth-order valence-electron chi connectivity index (χ4n) is 1.36. The molecule has 0 atom stereocenters. The molecule has 0 saturated carbocycles. The van der Waals surface area contributed by atoms with E-state index in [0.29, 0.717) is 5.02 Å². The van der Waals surface area contributed by atoms with E-state index in [1.807, 2.05) is 18.2 Å². The molecule has 0 unspecified atom stereocenters. The van der Waals surface area contributed by atoms with Gasteiger partial charge in [-0.1, -0.05) is 29.8 Å². The first-order chi connectivity index (χ1) is 9.38. The van der Waals surface area contributed by atoms with Gasteiger partial charge in [0.2, 0.25) is 15.9 Å². The maximum absolute atomic E-state index is 11.4. The number of amides is 1. The number of sulfonamides is 1. The molecule has 1 amide bonds. The van der Waals surface area contributed by atoms with Gasteiger partial charge in [-0.05, 0) is 11.6 Å². The molecule has 0 bridgehead atoms. The van der Waals surface area contributed by atoms with Crippen LogP contribution in [0.3, 0.4) is 0 Å². The zero-order chi connectivity index (χ0) is 15.0. The zero-order valence-corrected chi connectivity index (χ0v) is 12.6. The standard InChI is InChI=1S/C12H17ClN2O4S/c1-20(17,18)15-7-6-14-12(16)9-19-8-10-4-2-3-5-11(10)13/h2-5,15H,6-9H2,1H3,(H,14,16). The first-order valence-corrected chi connectivity index (χ1v) is 8.18. The summed E-state index contributed by atoms with van der Waals surface area (Å²) in [5.41, 5.74) is 0.806. The zero-order valence-electron chi connectivity index (χ0n) is 11.1. The Morgan fingerprint density at radius 3 is 2.65 bits per heavy atom. The molecule has 0 saturated heterocycles. The van der Waals surface area contributed by atoms with Gasteiger partial charge in [0.05, 0.1) is 12.9 Å². The number of carbonyl (C=O) groups excluding carboxylic acids is 1. The Labute approximate surface area is 123 Å². The Morgan fingerprint density at radius 1 is 1.30 bits per heavy atom. The van der Waals surface area contributed by atoms with E-state index < -0.39 is 10.0 Å². The summed E-state index contributed by atoms with van der Waals surface area (Å²) < 4.78 is 29.0. The van der Waals surface area contributed by atoms with Crippen molar-refractivity contribution in [1.29, 1.82) is 0 Å². The maximum atomic E-state index is 11.4. The van der Waals surface area contributed by atoms with Gasteiger partial charge in [-0.2, -0.15) is 0 Å². The first kappa shape index (κ1) is 16.9. The molecule has 1 aromatic carbocycles. The highest BCUT2D eigenvalue weighted by Crippen LogP contribution is 2.15. The highest BCUT2D eigenvalue weighted by Gasteiger charge is 2.04. The molecule has 0 fully saturated rings. The molecule has 112 valence electrons. The van der Waals surface area contributed by atoms with Crippen molar-refractivity contribution in [3.8, 4) is 0 Å². The van der Waals surface area contributed by atoms with Gasteiger partial charge in [-0.15, -0.1) is 0 Å². The lowest BCUT2D eigenvalue weighted by molar-refractivity contribution is -0.126. The number of rotatable bonds is 8. The van der Waals surface area contributed by atoms with Crippen molar-refractivity contribution in [2.24, 2.45) is 0 Å². The van der Waals surface area contributed by atoms with Crippen molar-refractivity contribution < 1.29 is 17.9 Å². The summed E-state index contributed by atoms with van der Waals surface area (Å²) >= 11 is 5.94. The summed E-state index contributed by atoms with van der Waals surface area (Å²) in [6.07, 6.45) is 1.06. The molecule has 1 aromatic rings.